The van der Waals surface area contributed by atoms with Crippen LogP contribution >= 0.6 is 0 Å². The Morgan fingerprint density at radius 3 is 2.46 bits per heavy atom. The standard InChI is InChI=1S/C19H18N4O/c1-3-7-14(8-4-1)19-17-13-24-18-12-22(15-9-5-2-6-10-15)11-16(18)23(17)21-20-19/h1-10,16,18H,11-13H2/t16?,18-/m1/s1. The molecule has 2 atom stereocenters. The van der Waals surface area contributed by atoms with Gasteiger partial charge in [-0.15, -0.1) is 5.10 Å². The first kappa shape index (κ1) is 13.7. The van der Waals surface area contributed by atoms with Gasteiger partial charge in [-0.05, 0) is 12.1 Å². The van der Waals surface area contributed by atoms with Crippen molar-refractivity contribution in [3.05, 3.63) is 66.4 Å². The van der Waals surface area contributed by atoms with Crippen LogP contribution in [-0.2, 0) is 11.3 Å². The minimum atomic E-state index is 0.169. The van der Waals surface area contributed by atoms with Crippen molar-refractivity contribution < 1.29 is 4.74 Å². The molecule has 3 aromatic rings. The fourth-order valence-electron chi connectivity index (χ4n) is 3.73. The molecule has 3 heterocycles. The molecular weight excluding hydrogens is 300 g/mol. The molecule has 5 rings (SSSR count). The number of anilines is 1. The van der Waals surface area contributed by atoms with Gasteiger partial charge in [0.25, 0.3) is 0 Å². The van der Waals surface area contributed by atoms with Crippen LogP contribution in [0.5, 0.6) is 0 Å². The average Bonchev–Trinajstić information content (AvgIpc) is 3.27. The van der Waals surface area contributed by atoms with Crippen LogP contribution in [0.1, 0.15) is 11.7 Å². The molecule has 2 aliphatic heterocycles. The van der Waals surface area contributed by atoms with E-state index in [2.05, 4.69) is 56.3 Å². The minimum Gasteiger partial charge on any atom is -0.368 e. The Kier molecular flexibility index (Phi) is 3.13. The van der Waals surface area contributed by atoms with Gasteiger partial charge >= 0.3 is 0 Å². The first-order chi connectivity index (χ1) is 11.9. The lowest BCUT2D eigenvalue weighted by Gasteiger charge is -2.26. The number of aromatic nitrogens is 3. The Hall–Kier alpha value is -2.66. The Balaban J connectivity index is 1.48. The molecule has 120 valence electrons. The van der Waals surface area contributed by atoms with Crippen LogP contribution in [0.25, 0.3) is 11.3 Å². The van der Waals surface area contributed by atoms with E-state index < -0.39 is 0 Å². The highest BCUT2D eigenvalue weighted by Gasteiger charge is 2.40. The average molecular weight is 318 g/mol. The third-order valence-electron chi connectivity index (χ3n) is 4.94. The van der Waals surface area contributed by atoms with Gasteiger partial charge in [0.15, 0.2) is 0 Å². The summed E-state index contributed by atoms with van der Waals surface area (Å²) >= 11 is 0. The Morgan fingerprint density at radius 2 is 1.67 bits per heavy atom. The van der Waals surface area contributed by atoms with Crippen LogP contribution in [0.4, 0.5) is 5.69 Å². The summed E-state index contributed by atoms with van der Waals surface area (Å²) in [6.45, 7) is 2.37. The summed E-state index contributed by atoms with van der Waals surface area (Å²) in [5.74, 6) is 0. The quantitative estimate of drug-likeness (QED) is 0.729. The van der Waals surface area contributed by atoms with Crippen molar-refractivity contribution >= 4 is 5.69 Å². The van der Waals surface area contributed by atoms with Gasteiger partial charge in [0, 0.05) is 24.3 Å². The number of para-hydroxylation sites is 1. The lowest BCUT2D eigenvalue weighted by atomic mass is 10.1. The molecule has 1 saturated heterocycles. The van der Waals surface area contributed by atoms with Crippen molar-refractivity contribution in [1.29, 1.82) is 0 Å². The molecule has 0 saturated carbocycles. The summed E-state index contributed by atoms with van der Waals surface area (Å²) in [5, 5.41) is 8.90. The van der Waals surface area contributed by atoms with Crippen LogP contribution in [-0.4, -0.2) is 34.2 Å². The lowest BCUT2D eigenvalue weighted by molar-refractivity contribution is -0.00225. The van der Waals surface area contributed by atoms with Gasteiger partial charge in [0.1, 0.15) is 5.69 Å². The molecule has 1 aromatic heterocycles. The molecule has 24 heavy (non-hydrogen) atoms. The van der Waals surface area contributed by atoms with Gasteiger partial charge in [-0.1, -0.05) is 53.7 Å². The first-order valence-electron chi connectivity index (χ1n) is 8.31. The number of benzene rings is 2. The molecule has 0 N–H and O–H groups in total. The predicted molar refractivity (Wildman–Crippen MR) is 91.7 cm³/mol. The number of hydrogen-bond acceptors (Lipinski definition) is 4. The van der Waals surface area contributed by atoms with Crippen molar-refractivity contribution in [3.8, 4) is 11.3 Å². The predicted octanol–water partition coefficient (Wildman–Crippen LogP) is 2.91. The van der Waals surface area contributed by atoms with Gasteiger partial charge in [-0.2, -0.15) is 0 Å². The molecule has 5 heteroatoms. The number of hydrogen-bond donors (Lipinski definition) is 0. The van der Waals surface area contributed by atoms with E-state index in [9.17, 15) is 0 Å². The molecule has 5 nitrogen and oxygen atoms in total. The van der Waals surface area contributed by atoms with Gasteiger partial charge in [0.2, 0.25) is 0 Å². The molecule has 0 aliphatic carbocycles. The van der Waals surface area contributed by atoms with Gasteiger partial charge in [-0.25, -0.2) is 4.68 Å². The molecule has 0 amide bonds. The second-order valence-corrected chi connectivity index (χ2v) is 6.35. The van der Waals surface area contributed by atoms with Crippen LogP contribution in [0, 0.1) is 0 Å². The Bertz CT molecular complexity index is 846. The van der Waals surface area contributed by atoms with E-state index in [1.807, 2.05) is 24.3 Å². The number of fused-ring (bicyclic) bond motifs is 3. The van der Waals surface area contributed by atoms with E-state index in [0.717, 1.165) is 30.0 Å². The molecular formula is C19H18N4O. The van der Waals surface area contributed by atoms with E-state index in [4.69, 9.17) is 4.74 Å². The zero-order valence-corrected chi connectivity index (χ0v) is 13.2. The van der Waals surface area contributed by atoms with Gasteiger partial charge < -0.3 is 9.64 Å². The highest BCUT2D eigenvalue weighted by molar-refractivity contribution is 5.61. The fraction of sp³-hybridized carbons (Fsp3) is 0.263. The fourth-order valence-corrected chi connectivity index (χ4v) is 3.73. The summed E-state index contributed by atoms with van der Waals surface area (Å²) in [6, 6.07) is 20.9. The third kappa shape index (κ3) is 2.12. The summed E-state index contributed by atoms with van der Waals surface area (Å²) in [6.07, 6.45) is 0.169. The number of nitrogens with zero attached hydrogens (tertiary/aromatic N) is 4. The zero-order valence-electron chi connectivity index (χ0n) is 13.2. The van der Waals surface area contributed by atoms with Gasteiger partial charge in [-0.3, -0.25) is 0 Å². The molecule has 2 aromatic carbocycles. The van der Waals surface area contributed by atoms with Crippen LogP contribution in [0.2, 0.25) is 0 Å². The highest BCUT2D eigenvalue weighted by Crippen LogP contribution is 2.35. The van der Waals surface area contributed by atoms with Crippen molar-refractivity contribution in [2.75, 3.05) is 18.0 Å². The number of rotatable bonds is 2. The maximum Gasteiger partial charge on any atom is 0.118 e. The number of ether oxygens (including phenoxy) is 1. The first-order valence-corrected chi connectivity index (χ1v) is 8.31. The molecule has 0 radical (unpaired) electrons. The topological polar surface area (TPSA) is 43.2 Å². The van der Waals surface area contributed by atoms with E-state index in [1.165, 1.54) is 5.69 Å². The van der Waals surface area contributed by atoms with Crippen LogP contribution < -0.4 is 4.90 Å². The summed E-state index contributed by atoms with van der Waals surface area (Å²) in [5.41, 5.74) is 4.35. The molecule has 2 aliphatic rings. The molecule has 1 unspecified atom stereocenters. The van der Waals surface area contributed by atoms with E-state index in [0.29, 0.717) is 6.61 Å². The monoisotopic (exact) mass is 318 g/mol. The highest BCUT2D eigenvalue weighted by atomic mass is 16.5. The Labute approximate surface area is 140 Å². The lowest BCUT2D eigenvalue weighted by Crippen LogP contribution is -2.32. The van der Waals surface area contributed by atoms with E-state index in [-0.39, 0.29) is 12.1 Å². The Morgan fingerprint density at radius 1 is 0.917 bits per heavy atom. The summed E-state index contributed by atoms with van der Waals surface area (Å²) in [7, 11) is 0. The summed E-state index contributed by atoms with van der Waals surface area (Å²) < 4.78 is 8.24. The zero-order chi connectivity index (χ0) is 15.9. The van der Waals surface area contributed by atoms with Crippen LogP contribution in [0.3, 0.4) is 0 Å². The third-order valence-corrected chi connectivity index (χ3v) is 4.94. The largest absolute Gasteiger partial charge is 0.368 e. The SMILES string of the molecule is c1ccc(-c2nnn3c2CO[C@@H]2CN(c4ccccc4)CC23)cc1. The maximum atomic E-state index is 6.16. The van der Waals surface area contributed by atoms with Crippen molar-refractivity contribution in [2.45, 2.75) is 18.8 Å². The van der Waals surface area contributed by atoms with Gasteiger partial charge in [0.05, 0.1) is 24.4 Å². The van der Waals surface area contributed by atoms with Crippen molar-refractivity contribution in [1.82, 2.24) is 15.0 Å². The molecule has 0 spiro atoms. The minimum absolute atomic E-state index is 0.169. The van der Waals surface area contributed by atoms with Crippen LogP contribution in [0.15, 0.2) is 60.7 Å². The van der Waals surface area contributed by atoms with E-state index >= 15 is 0 Å². The van der Waals surface area contributed by atoms with Crippen molar-refractivity contribution in [3.63, 3.8) is 0 Å². The van der Waals surface area contributed by atoms with E-state index in [1.54, 1.807) is 0 Å². The normalized spacial score (nSPS) is 22.2. The second kappa shape index (κ2) is 5.46. The van der Waals surface area contributed by atoms with Crippen molar-refractivity contribution in [2.24, 2.45) is 0 Å². The summed E-state index contributed by atoms with van der Waals surface area (Å²) in [4.78, 5) is 2.37. The maximum absolute atomic E-state index is 6.16. The second-order valence-electron chi connectivity index (χ2n) is 6.35. The molecule has 0 bridgehead atoms. The smallest absolute Gasteiger partial charge is 0.118 e. The molecule has 1 fully saturated rings.